The van der Waals surface area contributed by atoms with Crippen LogP contribution in [0.25, 0.3) is 5.57 Å². The van der Waals surface area contributed by atoms with Gasteiger partial charge in [-0.2, -0.15) is 0 Å². The summed E-state index contributed by atoms with van der Waals surface area (Å²) in [7, 11) is -10.6. The van der Waals surface area contributed by atoms with E-state index in [-0.39, 0.29) is 55.5 Å². The van der Waals surface area contributed by atoms with Gasteiger partial charge in [-0.05, 0) is 132 Å². The minimum Gasteiger partial charge on any atom is -0.870 e. The SMILES string of the molecule is CCN(Cc1cccc(S(C)(=O)=O)c1)c1ccc(C(=C2C=CC(=[N+](CC)Cc3cc(C)cc(S(=O)(=O)[O-])c3)C=C2)c2ccc(O)cc2[S-](=O)=O)cc1.[Na+].[OH-]. The number of rotatable bonds is 12. The molecule has 4 aromatic carbocycles. The number of benzene rings is 4. The van der Waals surface area contributed by atoms with Crippen LogP contribution in [0.2, 0.25) is 0 Å². The second-order valence-corrected chi connectivity index (χ2v) is 16.7. The van der Waals surface area contributed by atoms with Crippen molar-refractivity contribution in [2.75, 3.05) is 24.2 Å². The minimum absolute atomic E-state index is 0. The molecule has 0 unspecified atom stereocenters. The number of aromatic hydroxyl groups is 1. The van der Waals surface area contributed by atoms with Crippen LogP contribution in [-0.4, -0.2) is 61.6 Å². The Bertz CT molecular complexity index is 2430. The zero-order chi connectivity index (χ0) is 37.8. The molecule has 280 valence electrons. The molecule has 0 bridgehead atoms. The van der Waals surface area contributed by atoms with Gasteiger partial charge in [0.1, 0.15) is 22.4 Å². The van der Waals surface area contributed by atoms with E-state index in [4.69, 9.17) is 0 Å². The number of aryl methyl sites for hydroxylation is 1. The van der Waals surface area contributed by atoms with E-state index in [0.717, 1.165) is 22.5 Å². The first-order valence-corrected chi connectivity index (χ1v) is 20.8. The average molecular weight is 800 g/mol. The predicted molar refractivity (Wildman–Crippen MR) is 203 cm³/mol. The van der Waals surface area contributed by atoms with Gasteiger partial charge in [0.05, 0.1) is 9.79 Å². The van der Waals surface area contributed by atoms with Crippen molar-refractivity contribution in [2.45, 2.75) is 48.5 Å². The smallest absolute Gasteiger partial charge is 0.870 e. The molecule has 0 spiro atoms. The van der Waals surface area contributed by atoms with Crippen molar-refractivity contribution in [1.29, 1.82) is 0 Å². The first kappa shape index (κ1) is 44.5. The van der Waals surface area contributed by atoms with Crippen LogP contribution in [0.5, 0.6) is 5.75 Å². The molecule has 54 heavy (non-hydrogen) atoms. The molecule has 0 heterocycles. The molecule has 15 heteroatoms. The maximum atomic E-state index is 12.4. The molecule has 0 amide bonds. The van der Waals surface area contributed by atoms with E-state index < -0.39 is 30.7 Å². The summed E-state index contributed by atoms with van der Waals surface area (Å²) in [6.45, 7) is 7.74. The van der Waals surface area contributed by atoms with Gasteiger partial charge >= 0.3 is 29.6 Å². The summed E-state index contributed by atoms with van der Waals surface area (Å²) in [6.07, 6.45) is 8.72. The van der Waals surface area contributed by atoms with Crippen molar-refractivity contribution >= 4 is 47.6 Å². The third-order valence-corrected chi connectivity index (χ3v) is 11.3. The Morgan fingerprint density at radius 1 is 0.833 bits per heavy atom. The molecule has 4 aromatic rings. The molecule has 0 fully saturated rings. The molecule has 5 rings (SSSR count). The Kier molecular flexibility index (Phi) is 15.4. The van der Waals surface area contributed by atoms with Crippen LogP contribution in [0.4, 0.5) is 5.69 Å². The Balaban J connectivity index is 0.00000392. The summed E-state index contributed by atoms with van der Waals surface area (Å²) in [5, 5.41) is 10.2. The van der Waals surface area contributed by atoms with E-state index in [0.29, 0.717) is 54.0 Å². The fourth-order valence-corrected chi connectivity index (χ4v) is 8.04. The van der Waals surface area contributed by atoms with Gasteiger partial charge in [-0.15, -0.1) is 0 Å². The summed E-state index contributed by atoms with van der Waals surface area (Å²) in [4.78, 5) is 2.01. The first-order valence-electron chi connectivity index (χ1n) is 16.4. The third-order valence-electron chi connectivity index (χ3n) is 8.69. The Morgan fingerprint density at radius 3 is 2.06 bits per heavy atom. The minimum atomic E-state index is -4.62. The van der Waals surface area contributed by atoms with Crippen molar-refractivity contribution in [2.24, 2.45) is 0 Å². The van der Waals surface area contributed by atoms with E-state index in [1.807, 2.05) is 79.1 Å². The Hall–Kier alpha value is -3.86. The van der Waals surface area contributed by atoms with E-state index in [1.165, 1.54) is 30.5 Å². The second-order valence-electron chi connectivity index (χ2n) is 12.4. The zero-order valence-corrected chi connectivity index (χ0v) is 35.0. The molecule has 0 radical (unpaired) electrons. The number of hydrogen-bond donors (Lipinski definition) is 1. The molecular formula is C39H40N2NaO9S3-. The van der Waals surface area contributed by atoms with Gasteiger partial charge in [-0.3, -0.25) is 0 Å². The van der Waals surface area contributed by atoms with E-state index in [9.17, 15) is 34.9 Å². The van der Waals surface area contributed by atoms with Crippen molar-refractivity contribution in [3.8, 4) is 5.75 Å². The number of anilines is 1. The zero-order valence-electron chi connectivity index (χ0n) is 30.6. The fraction of sp³-hybridized carbons (Fsp3) is 0.205. The fourth-order valence-electron chi connectivity index (χ4n) is 6.16. The predicted octanol–water partition coefficient (Wildman–Crippen LogP) is 3.13. The monoisotopic (exact) mass is 799 g/mol. The van der Waals surface area contributed by atoms with Gasteiger partial charge in [0.25, 0.3) is 0 Å². The number of nitrogens with zero attached hydrogens (tertiary/aromatic N) is 2. The normalized spacial score (nSPS) is 12.6. The summed E-state index contributed by atoms with van der Waals surface area (Å²) in [5.74, 6) is -0.186. The third kappa shape index (κ3) is 10.9. The molecule has 2 N–H and O–H groups in total. The molecule has 11 nitrogen and oxygen atoms in total. The topological polar surface area (TPSA) is 182 Å². The van der Waals surface area contributed by atoms with Gasteiger partial charge in [0.15, 0.2) is 22.1 Å². The molecule has 1 aliphatic carbocycles. The van der Waals surface area contributed by atoms with Gasteiger partial charge in [-0.25, -0.2) is 21.4 Å². The molecule has 0 aromatic heterocycles. The van der Waals surface area contributed by atoms with Gasteiger partial charge in [0, 0.05) is 42.7 Å². The first-order chi connectivity index (χ1) is 24.6. The van der Waals surface area contributed by atoms with Crippen molar-refractivity contribution in [1.82, 2.24) is 0 Å². The summed E-state index contributed by atoms with van der Waals surface area (Å²) in [6, 6.07) is 23.3. The summed E-state index contributed by atoms with van der Waals surface area (Å²) >= 11 is 0. The number of phenolic OH excluding ortho intramolecular Hbond substituents is 1. The molecule has 0 saturated carbocycles. The van der Waals surface area contributed by atoms with Crippen molar-refractivity contribution in [3.05, 3.63) is 143 Å². The van der Waals surface area contributed by atoms with Gasteiger partial charge in [-0.1, -0.05) is 35.2 Å². The Labute approximate surface area is 340 Å². The molecule has 0 saturated heterocycles. The Morgan fingerprint density at radius 2 is 1.48 bits per heavy atom. The van der Waals surface area contributed by atoms with Crippen LogP contribution in [0, 0.1) is 6.92 Å². The van der Waals surface area contributed by atoms with Crippen LogP contribution in [-0.2, 0) is 52.2 Å². The van der Waals surface area contributed by atoms with Crippen molar-refractivity contribution in [3.63, 3.8) is 0 Å². The van der Waals surface area contributed by atoms with Gasteiger partial charge < -0.3 is 28.5 Å². The van der Waals surface area contributed by atoms with E-state index in [2.05, 4.69) is 4.90 Å². The average Bonchev–Trinajstić information content (AvgIpc) is 3.10. The van der Waals surface area contributed by atoms with Crippen LogP contribution >= 0.6 is 0 Å². The van der Waals surface area contributed by atoms with Gasteiger partial charge in [0.2, 0.25) is 0 Å². The quantitative estimate of drug-likeness (QED) is 0.0968. The molecule has 0 aliphatic heterocycles. The maximum Gasteiger partial charge on any atom is 1.00 e. The number of sulfone groups is 1. The van der Waals surface area contributed by atoms with E-state index >= 15 is 0 Å². The maximum absolute atomic E-state index is 12.4. The van der Waals surface area contributed by atoms with Crippen LogP contribution in [0.15, 0.2) is 129 Å². The van der Waals surface area contributed by atoms with Crippen LogP contribution in [0.1, 0.15) is 41.7 Å². The number of phenols is 1. The summed E-state index contributed by atoms with van der Waals surface area (Å²) < 4.78 is 86.3. The summed E-state index contributed by atoms with van der Waals surface area (Å²) in [5.41, 5.74) is 6.33. The van der Waals surface area contributed by atoms with Crippen molar-refractivity contribution < 1.29 is 74.5 Å². The molecular weight excluding hydrogens is 760 g/mol. The standard InChI is InChI=1S/C39H39N2O8S3.Na.H2O/c1-5-40(25-28-8-7-9-35(22-28)51(4,45)46)32-14-10-30(11-15-32)39(37-19-18-34(42)24-38(37)50(43)44)31-12-16-33(17-13-31)41(6-2)26-29-20-27(3)21-36(23-29)52(47,48)49;;/h7-24H,5-6,25-26H2,1-4H3,(H,47,48,49);;1H2/q-1;+1;/p-1. The second kappa shape index (κ2) is 18.7. The number of allylic oxidation sites excluding steroid dienone is 5. The number of hydrogen-bond acceptors (Lipinski definition) is 11. The molecule has 1 aliphatic rings. The van der Waals surface area contributed by atoms with Crippen LogP contribution < -0.4 is 34.5 Å². The van der Waals surface area contributed by atoms with Crippen LogP contribution in [0.3, 0.4) is 0 Å². The molecule has 0 atom stereocenters. The van der Waals surface area contributed by atoms with E-state index in [1.54, 1.807) is 31.2 Å². The largest absolute Gasteiger partial charge is 1.00 e.